The number of amides is 2. The molecule has 2 aromatic rings. The summed E-state index contributed by atoms with van der Waals surface area (Å²) >= 11 is 0. The molecule has 1 heterocycles. The van der Waals surface area contributed by atoms with Gasteiger partial charge in [0.25, 0.3) is 5.91 Å². The molecule has 0 radical (unpaired) electrons. The molecule has 1 fully saturated rings. The third kappa shape index (κ3) is 4.73. The number of carboxylic acids is 1. The lowest BCUT2D eigenvalue weighted by molar-refractivity contribution is -0.136. The van der Waals surface area contributed by atoms with E-state index in [1.165, 1.54) is 24.3 Å². The van der Waals surface area contributed by atoms with Gasteiger partial charge in [0.1, 0.15) is 5.82 Å². The number of benzene rings is 2. The number of carbonyl (C=O) groups is 3. The minimum absolute atomic E-state index is 0.184. The Morgan fingerprint density at radius 1 is 1.11 bits per heavy atom. The van der Waals surface area contributed by atoms with Crippen molar-refractivity contribution < 1.29 is 23.9 Å². The first kappa shape index (κ1) is 19.5. The number of hydrogen-bond donors (Lipinski definition) is 2. The summed E-state index contributed by atoms with van der Waals surface area (Å²) < 4.78 is 13.1. The molecule has 6 nitrogen and oxygen atoms in total. The second kappa shape index (κ2) is 8.65. The highest BCUT2D eigenvalue weighted by Crippen LogP contribution is 2.22. The van der Waals surface area contributed by atoms with Crippen LogP contribution in [0.1, 0.15) is 28.8 Å². The van der Waals surface area contributed by atoms with Crippen LogP contribution < -0.4 is 5.32 Å². The zero-order valence-corrected chi connectivity index (χ0v) is 15.2. The van der Waals surface area contributed by atoms with Crippen LogP contribution in [0.3, 0.4) is 0 Å². The summed E-state index contributed by atoms with van der Waals surface area (Å²) in [6, 6.07) is 12.1. The summed E-state index contributed by atoms with van der Waals surface area (Å²) in [4.78, 5) is 37.9. The van der Waals surface area contributed by atoms with Crippen molar-refractivity contribution in [1.82, 2.24) is 4.90 Å². The monoisotopic (exact) mass is 384 g/mol. The van der Waals surface area contributed by atoms with Gasteiger partial charge in [0.05, 0.1) is 12.3 Å². The smallest absolute Gasteiger partial charge is 0.307 e. The molecule has 28 heavy (non-hydrogen) atoms. The van der Waals surface area contributed by atoms with Crippen molar-refractivity contribution >= 4 is 23.5 Å². The summed E-state index contributed by atoms with van der Waals surface area (Å²) in [6.45, 7) is 0.804. The number of anilines is 1. The molecule has 1 unspecified atom stereocenters. The molecular weight excluding hydrogens is 363 g/mol. The summed E-state index contributed by atoms with van der Waals surface area (Å²) in [6.07, 6.45) is 1.14. The van der Waals surface area contributed by atoms with Crippen LogP contribution in [-0.2, 0) is 16.0 Å². The second-order valence-corrected chi connectivity index (χ2v) is 6.81. The van der Waals surface area contributed by atoms with Crippen molar-refractivity contribution in [2.45, 2.75) is 19.3 Å². The molecule has 0 spiro atoms. The molecule has 0 saturated carbocycles. The largest absolute Gasteiger partial charge is 0.481 e. The number of nitrogens with zero attached hydrogens (tertiary/aromatic N) is 1. The Bertz CT molecular complexity index is 882. The van der Waals surface area contributed by atoms with E-state index < -0.39 is 17.7 Å². The zero-order valence-electron chi connectivity index (χ0n) is 15.2. The molecule has 2 amide bonds. The number of rotatable bonds is 5. The first-order valence-corrected chi connectivity index (χ1v) is 9.09. The Morgan fingerprint density at radius 3 is 2.54 bits per heavy atom. The number of piperidine rings is 1. The van der Waals surface area contributed by atoms with E-state index in [-0.39, 0.29) is 24.8 Å². The fourth-order valence-corrected chi connectivity index (χ4v) is 3.34. The molecule has 3 rings (SSSR count). The number of aliphatic carboxylic acids is 1. The number of halogens is 1. The molecule has 1 aliphatic heterocycles. The Labute approximate surface area is 162 Å². The molecule has 2 N–H and O–H groups in total. The highest BCUT2D eigenvalue weighted by molar-refractivity contribution is 5.96. The summed E-state index contributed by atoms with van der Waals surface area (Å²) in [5.74, 6) is -2.25. The van der Waals surface area contributed by atoms with Crippen LogP contribution in [0, 0.1) is 11.7 Å². The van der Waals surface area contributed by atoms with Gasteiger partial charge >= 0.3 is 5.97 Å². The quantitative estimate of drug-likeness (QED) is 0.830. The van der Waals surface area contributed by atoms with Crippen molar-refractivity contribution in [3.63, 3.8) is 0 Å². The normalized spacial score (nSPS) is 16.5. The van der Waals surface area contributed by atoms with Gasteiger partial charge in [-0.3, -0.25) is 14.4 Å². The molecule has 7 heteroatoms. The molecule has 2 aromatic carbocycles. The lowest BCUT2D eigenvalue weighted by atomic mass is 9.96. The standard InChI is InChI=1S/C21H21FN2O4/c22-17-9-7-14(8-10-17)21(28)24-11-3-5-16(13-24)20(27)23-18-6-2-1-4-15(18)12-19(25)26/h1-2,4,6-10,16H,3,5,11-13H2,(H,23,27)(H,25,26). The fraction of sp³-hybridized carbons (Fsp3) is 0.286. The van der Waals surface area contributed by atoms with E-state index in [2.05, 4.69) is 5.32 Å². The lowest BCUT2D eigenvalue weighted by Gasteiger charge is -2.32. The van der Waals surface area contributed by atoms with Crippen molar-refractivity contribution in [3.8, 4) is 0 Å². The van der Waals surface area contributed by atoms with Crippen molar-refractivity contribution in [2.75, 3.05) is 18.4 Å². The van der Waals surface area contributed by atoms with E-state index in [4.69, 9.17) is 5.11 Å². The Hall–Kier alpha value is -3.22. The van der Waals surface area contributed by atoms with Crippen LogP contribution >= 0.6 is 0 Å². The number of carbonyl (C=O) groups excluding carboxylic acids is 2. The molecule has 0 aliphatic carbocycles. The van der Waals surface area contributed by atoms with Crippen molar-refractivity contribution in [1.29, 1.82) is 0 Å². The third-order valence-corrected chi connectivity index (χ3v) is 4.79. The predicted molar refractivity (Wildman–Crippen MR) is 101 cm³/mol. The highest BCUT2D eigenvalue weighted by Gasteiger charge is 2.29. The maximum absolute atomic E-state index is 13.1. The van der Waals surface area contributed by atoms with Gasteiger partial charge in [-0.1, -0.05) is 18.2 Å². The average Bonchev–Trinajstić information content (AvgIpc) is 2.69. The molecule has 1 atom stereocenters. The Kier molecular flexibility index (Phi) is 6.03. The molecule has 0 bridgehead atoms. The van der Waals surface area contributed by atoms with Crippen molar-refractivity contribution in [3.05, 3.63) is 65.5 Å². The highest BCUT2D eigenvalue weighted by atomic mass is 19.1. The van der Waals surface area contributed by atoms with Crippen LogP contribution in [0.5, 0.6) is 0 Å². The predicted octanol–water partition coefficient (Wildman–Crippen LogP) is 2.94. The first-order chi connectivity index (χ1) is 13.4. The van der Waals surface area contributed by atoms with E-state index >= 15 is 0 Å². The van der Waals surface area contributed by atoms with E-state index in [1.54, 1.807) is 29.2 Å². The molecular formula is C21H21FN2O4. The topological polar surface area (TPSA) is 86.7 Å². The van der Waals surface area contributed by atoms with Crippen LogP contribution in [0.15, 0.2) is 48.5 Å². The fourth-order valence-electron chi connectivity index (χ4n) is 3.34. The van der Waals surface area contributed by atoms with Gasteiger partial charge in [-0.2, -0.15) is 0 Å². The SMILES string of the molecule is O=C(O)Cc1ccccc1NC(=O)C1CCCN(C(=O)c2ccc(F)cc2)C1. The number of hydrogen-bond acceptors (Lipinski definition) is 3. The van der Waals surface area contributed by atoms with E-state index in [1.807, 2.05) is 0 Å². The number of likely N-dealkylation sites (tertiary alicyclic amines) is 1. The van der Waals surface area contributed by atoms with Gasteiger partial charge in [0.2, 0.25) is 5.91 Å². The maximum atomic E-state index is 13.1. The van der Waals surface area contributed by atoms with E-state index in [9.17, 15) is 18.8 Å². The van der Waals surface area contributed by atoms with Gasteiger partial charge in [-0.25, -0.2) is 4.39 Å². The minimum atomic E-state index is -0.976. The lowest BCUT2D eigenvalue weighted by Crippen LogP contribution is -2.43. The van der Waals surface area contributed by atoms with Crippen LogP contribution in [0.4, 0.5) is 10.1 Å². The van der Waals surface area contributed by atoms with Crippen molar-refractivity contribution in [2.24, 2.45) is 5.92 Å². The average molecular weight is 384 g/mol. The van der Waals surface area contributed by atoms with E-state index in [0.29, 0.717) is 36.2 Å². The molecule has 0 aromatic heterocycles. The summed E-state index contributed by atoms with van der Waals surface area (Å²) in [5.41, 5.74) is 1.38. The maximum Gasteiger partial charge on any atom is 0.307 e. The van der Waals surface area contributed by atoms with Crippen LogP contribution in [0.25, 0.3) is 0 Å². The van der Waals surface area contributed by atoms with Gasteiger partial charge in [-0.15, -0.1) is 0 Å². The van der Waals surface area contributed by atoms with Gasteiger partial charge in [0, 0.05) is 24.3 Å². The Morgan fingerprint density at radius 2 is 1.82 bits per heavy atom. The minimum Gasteiger partial charge on any atom is -0.481 e. The summed E-state index contributed by atoms with van der Waals surface area (Å²) in [5, 5.41) is 11.8. The van der Waals surface area contributed by atoms with Gasteiger partial charge < -0.3 is 15.3 Å². The zero-order chi connectivity index (χ0) is 20.1. The van der Waals surface area contributed by atoms with Gasteiger partial charge in [-0.05, 0) is 48.7 Å². The molecule has 1 aliphatic rings. The first-order valence-electron chi connectivity index (χ1n) is 9.09. The number of para-hydroxylation sites is 1. The molecule has 146 valence electrons. The Balaban J connectivity index is 1.67. The number of carboxylic acid groups (broad SMARTS) is 1. The third-order valence-electron chi connectivity index (χ3n) is 4.79. The van der Waals surface area contributed by atoms with Gasteiger partial charge in [0.15, 0.2) is 0 Å². The number of nitrogens with one attached hydrogen (secondary N) is 1. The molecule has 1 saturated heterocycles. The van der Waals surface area contributed by atoms with Crippen LogP contribution in [0.2, 0.25) is 0 Å². The van der Waals surface area contributed by atoms with Crippen LogP contribution in [-0.4, -0.2) is 40.9 Å². The summed E-state index contributed by atoms with van der Waals surface area (Å²) in [7, 11) is 0. The van der Waals surface area contributed by atoms with E-state index in [0.717, 1.165) is 0 Å². The second-order valence-electron chi connectivity index (χ2n) is 6.81.